The van der Waals surface area contributed by atoms with Gasteiger partial charge in [-0.3, -0.25) is 14.6 Å². The fourth-order valence-corrected chi connectivity index (χ4v) is 3.63. The van der Waals surface area contributed by atoms with Crippen molar-refractivity contribution in [3.8, 4) is 11.3 Å². The van der Waals surface area contributed by atoms with Crippen LogP contribution < -0.4 is 10.6 Å². The third-order valence-corrected chi connectivity index (χ3v) is 5.02. The molecule has 3 aromatic rings. The van der Waals surface area contributed by atoms with Crippen LogP contribution in [-0.4, -0.2) is 50.8 Å². The van der Waals surface area contributed by atoms with E-state index in [0.29, 0.717) is 0 Å². The number of aryl methyl sites for hydroxylation is 2. The maximum Gasteiger partial charge on any atom is 0.155 e. The minimum Gasteiger partial charge on any atom is -0.399 e. The van der Waals surface area contributed by atoms with E-state index >= 15 is 0 Å². The SMILES string of the molecule is Cc1cc(N)ccc1-c1nccnc1N1CCN(Cc2cnn(C)c2)CC1. The Morgan fingerprint density at radius 1 is 1.07 bits per heavy atom. The van der Waals surface area contributed by atoms with Crippen LogP contribution in [0.5, 0.6) is 0 Å². The van der Waals surface area contributed by atoms with Crippen LogP contribution in [0.15, 0.2) is 43.0 Å². The molecule has 0 spiro atoms. The summed E-state index contributed by atoms with van der Waals surface area (Å²) < 4.78 is 1.85. The van der Waals surface area contributed by atoms with Crippen LogP contribution in [0.4, 0.5) is 11.5 Å². The second kappa shape index (κ2) is 7.36. The molecule has 0 bridgehead atoms. The van der Waals surface area contributed by atoms with Gasteiger partial charge in [0.25, 0.3) is 0 Å². The van der Waals surface area contributed by atoms with E-state index in [1.807, 2.05) is 36.1 Å². The molecule has 3 heterocycles. The average Bonchev–Trinajstić information content (AvgIpc) is 3.07. The minimum absolute atomic E-state index is 0.769. The van der Waals surface area contributed by atoms with Crippen LogP contribution in [0.1, 0.15) is 11.1 Å². The highest BCUT2D eigenvalue weighted by Gasteiger charge is 2.22. The van der Waals surface area contributed by atoms with Crippen molar-refractivity contribution in [1.29, 1.82) is 0 Å². The number of nitrogen functional groups attached to an aromatic ring is 1. The van der Waals surface area contributed by atoms with Gasteiger partial charge in [0.1, 0.15) is 5.69 Å². The molecule has 1 aliphatic heterocycles. The molecule has 0 saturated carbocycles. The highest BCUT2D eigenvalue weighted by atomic mass is 15.3. The fourth-order valence-electron chi connectivity index (χ4n) is 3.63. The summed E-state index contributed by atoms with van der Waals surface area (Å²) >= 11 is 0. The molecule has 0 radical (unpaired) electrons. The number of hydrogen-bond acceptors (Lipinski definition) is 6. The largest absolute Gasteiger partial charge is 0.399 e. The Labute approximate surface area is 159 Å². The number of aromatic nitrogens is 4. The number of piperazine rings is 1. The molecular weight excluding hydrogens is 338 g/mol. The smallest absolute Gasteiger partial charge is 0.155 e. The van der Waals surface area contributed by atoms with E-state index in [1.165, 1.54) is 5.56 Å². The van der Waals surface area contributed by atoms with Gasteiger partial charge < -0.3 is 10.6 Å². The zero-order valence-electron chi connectivity index (χ0n) is 15.8. The van der Waals surface area contributed by atoms with Crippen molar-refractivity contribution in [2.75, 3.05) is 36.8 Å². The van der Waals surface area contributed by atoms with Crippen LogP contribution in [0, 0.1) is 6.92 Å². The molecular formula is C20H25N7. The van der Waals surface area contributed by atoms with Crippen molar-refractivity contribution in [1.82, 2.24) is 24.6 Å². The molecule has 27 heavy (non-hydrogen) atoms. The van der Waals surface area contributed by atoms with Crippen molar-refractivity contribution < 1.29 is 0 Å². The predicted molar refractivity (Wildman–Crippen MR) is 107 cm³/mol. The molecule has 2 N–H and O–H groups in total. The van der Waals surface area contributed by atoms with Gasteiger partial charge in [-0.05, 0) is 24.6 Å². The molecule has 1 saturated heterocycles. The van der Waals surface area contributed by atoms with E-state index in [9.17, 15) is 0 Å². The first-order valence-electron chi connectivity index (χ1n) is 9.22. The number of rotatable bonds is 4. The zero-order valence-corrected chi connectivity index (χ0v) is 15.8. The van der Waals surface area contributed by atoms with Gasteiger partial charge in [-0.2, -0.15) is 5.10 Å². The first-order valence-corrected chi connectivity index (χ1v) is 9.22. The Morgan fingerprint density at radius 3 is 2.56 bits per heavy atom. The maximum atomic E-state index is 5.91. The second-order valence-corrected chi connectivity index (χ2v) is 7.09. The first kappa shape index (κ1) is 17.5. The molecule has 0 amide bonds. The minimum atomic E-state index is 0.769. The summed E-state index contributed by atoms with van der Waals surface area (Å²) in [6, 6.07) is 5.95. The highest BCUT2D eigenvalue weighted by molar-refractivity contribution is 5.75. The number of anilines is 2. The lowest BCUT2D eigenvalue weighted by molar-refractivity contribution is 0.249. The standard InChI is InChI=1S/C20H25N7/c1-15-11-17(21)3-4-18(15)19-20(23-6-5-22-19)27-9-7-26(8-10-27)14-16-12-24-25(2)13-16/h3-6,11-13H,7-10,14,21H2,1-2H3. The monoisotopic (exact) mass is 363 g/mol. The van der Waals surface area contributed by atoms with Gasteiger partial charge >= 0.3 is 0 Å². The van der Waals surface area contributed by atoms with Gasteiger partial charge in [0, 0.05) is 75.2 Å². The normalized spacial score (nSPS) is 15.3. The van der Waals surface area contributed by atoms with Crippen LogP contribution in [-0.2, 0) is 13.6 Å². The summed E-state index contributed by atoms with van der Waals surface area (Å²) in [6.45, 7) is 6.85. The molecule has 140 valence electrons. The molecule has 7 nitrogen and oxygen atoms in total. The van der Waals surface area contributed by atoms with Crippen molar-refractivity contribution in [2.45, 2.75) is 13.5 Å². The summed E-state index contributed by atoms with van der Waals surface area (Å²) in [5.74, 6) is 0.950. The van der Waals surface area contributed by atoms with Gasteiger partial charge in [-0.25, -0.2) is 4.98 Å². The summed E-state index contributed by atoms with van der Waals surface area (Å²) in [5, 5.41) is 4.26. The van der Waals surface area contributed by atoms with E-state index in [4.69, 9.17) is 5.73 Å². The number of nitrogens with zero attached hydrogens (tertiary/aromatic N) is 6. The third-order valence-electron chi connectivity index (χ3n) is 5.02. The van der Waals surface area contributed by atoms with Crippen molar-refractivity contribution in [3.05, 3.63) is 54.1 Å². The molecule has 2 aromatic heterocycles. The number of nitrogens with two attached hydrogens (primary N) is 1. The molecule has 0 aliphatic carbocycles. The van der Waals surface area contributed by atoms with E-state index in [1.54, 1.807) is 12.4 Å². The van der Waals surface area contributed by atoms with Gasteiger partial charge in [0.2, 0.25) is 0 Å². The topological polar surface area (TPSA) is 76.1 Å². The van der Waals surface area contributed by atoms with E-state index in [2.05, 4.69) is 38.0 Å². The van der Waals surface area contributed by atoms with Crippen LogP contribution in [0.25, 0.3) is 11.3 Å². The molecule has 0 atom stereocenters. The molecule has 4 rings (SSSR count). The molecule has 1 aliphatic rings. The number of hydrogen-bond donors (Lipinski definition) is 1. The van der Waals surface area contributed by atoms with Gasteiger partial charge in [-0.1, -0.05) is 6.07 Å². The van der Waals surface area contributed by atoms with Crippen LogP contribution >= 0.6 is 0 Å². The van der Waals surface area contributed by atoms with Crippen LogP contribution in [0.3, 0.4) is 0 Å². The lowest BCUT2D eigenvalue weighted by atomic mass is 10.0. The van der Waals surface area contributed by atoms with E-state index in [0.717, 1.165) is 61.0 Å². The van der Waals surface area contributed by atoms with Crippen molar-refractivity contribution >= 4 is 11.5 Å². The molecule has 1 fully saturated rings. The van der Waals surface area contributed by atoms with Gasteiger partial charge in [0.15, 0.2) is 5.82 Å². The third kappa shape index (κ3) is 3.78. The highest BCUT2D eigenvalue weighted by Crippen LogP contribution is 2.30. The van der Waals surface area contributed by atoms with Gasteiger partial charge in [-0.15, -0.1) is 0 Å². The molecule has 1 aromatic carbocycles. The lowest BCUT2D eigenvalue weighted by Crippen LogP contribution is -2.46. The first-order chi connectivity index (χ1) is 13.1. The predicted octanol–water partition coefficient (Wildman–Crippen LogP) is 2.09. The Bertz CT molecular complexity index is 926. The van der Waals surface area contributed by atoms with Crippen molar-refractivity contribution in [3.63, 3.8) is 0 Å². The summed E-state index contributed by atoms with van der Waals surface area (Å²) in [6.07, 6.45) is 7.55. The maximum absolute atomic E-state index is 5.91. The van der Waals surface area contributed by atoms with Gasteiger partial charge in [0.05, 0.1) is 6.20 Å². The molecule has 0 unspecified atom stereocenters. The Balaban J connectivity index is 1.50. The Kier molecular flexibility index (Phi) is 4.77. The Morgan fingerprint density at radius 2 is 1.85 bits per heavy atom. The van der Waals surface area contributed by atoms with Crippen LogP contribution in [0.2, 0.25) is 0 Å². The zero-order chi connectivity index (χ0) is 18.8. The Hall–Kier alpha value is -2.93. The number of benzene rings is 1. The quantitative estimate of drug-likeness (QED) is 0.716. The van der Waals surface area contributed by atoms with E-state index < -0.39 is 0 Å². The average molecular weight is 363 g/mol. The summed E-state index contributed by atoms with van der Waals surface area (Å²) in [7, 11) is 1.95. The molecule has 7 heteroatoms. The van der Waals surface area contributed by atoms with Crippen molar-refractivity contribution in [2.24, 2.45) is 7.05 Å². The summed E-state index contributed by atoms with van der Waals surface area (Å²) in [5.41, 5.74) is 11.1. The fraction of sp³-hybridized carbons (Fsp3) is 0.350. The lowest BCUT2D eigenvalue weighted by Gasteiger charge is -2.35. The second-order valence-electron chi connectivity index (χ2n) is 7.09. The van der Waals surface area contributed by atoms with E-state index in [-0.39, 0.29) is 0 Å². The summed E-state index contributed by atoms with van der Waals surface area (Å²) in [4.78, 5) is 14.1.